The Kier molecular flexibility index (Phi) is 5.72. The van der Waals surface area contributed by atoms with Crippen LogP contribution in [-0.2, 0) is 16.0 Å². The highest BCUT2D eigenvalue weighted by Crippen LogP contribution is 2.38. The van der Waals surface area contributed by atoms with E-state index in [1.165, 1.54) is 18.2 Å². The molecule has 0 radical (unpaired) electrons. The van der Waals surface area contributed by atoms with E-state index >= 15 is 0 Å². The van der Waals surface area contributed by atoms with Crippen molar-refractivity contribution in [2.45, 2.75) is 11.1 Å². The molecule has 7 nitrogen and oxygen atoms in total. The molecule has 0 atom stereocenters. The maximum atomic E-state index is 13.6. The van der Waals surface area contributed by atoms with Crippen LogP contribution >= 0.6 is 0 Å². The molecule has 2 aromatic carbocycles. The van der Waals surface area contributed by atoms with E-state index in [-0.39, 0.29) is 15.3 Å². The number of amides is 1. The lowest BCUT2D eigenvalue weighted by molar-refractivity contribution is -0.143. The van der Waals surface area contributed by atoms with Crippen molar-refractivity contribution in [3.05, 3.63) is 66.0 Å². The number of carbonyl (C=O) groups excluding carboxylic acids is 1. The first-order valence-electron chi connectivity index (χ1n) is 8.26. The lowest BCUT2D eigenvalue weighted by Gasteiger charge is -2.13. The van der Waals surface area contributed by atoms with Crippen molar-refractivity contribution in [2.75, 3.05) is 11.6 Å². The van der Waals surface area contributed by atoms with Gasteiger partial charge in [-0.3, -0.25) is 5.32 Å². The van der Waals surface area contributed by atoms with Gasteiger partial charge in [0.1, 0.15) is 0 Å². The number of ether oxygens (including phenoxy) is 1. The van der Waals surface area contributed by atoms with Crippen LogP contribution in [0.4, 0.5) is 32.4 Å². The minimum absolute atomic E-state index is 0.0468. The van der Waals surface area contributed by atoms with E-state index in [4.69, 9.17) is 0 Å². The SMILES string of the molecule is CS(=O)(=O)c1cccc(NC(=O)Oc2cnn(-c3ccc(F)c(F)c3)c2C(F)(F)F)c1. The lowest BCUT2D eigenvalue weighted by atomic mass is 10.3. The summed E-state index contributed by atoms with van der Waals surface area (Å²) in [5, 5.41) is 5.56. The van der Waals surface area contributed by atoms with Crippen molar-refractivity contribution in [1.29, 1.82) is 0 Å². The van der Waals surface area contributed by atoms with E-state index < -0.39 is 50.9 Å². The Morgan fingerprint density at radius 2 is 1.81 bits per heavy atom. The molecule has 1 N–H and O–H groups in total. The molecule has 0 unspecified atom stereocenters. The molecule has 0 spiro atoms. The Morgan fingerprint density at radius 3 is 2.42 bits per heavy atom. The molecule has 3 aromatic rings. The number of aromatic nitrogens is 2. The maximum Gasteiger partial charge on any atom is 0.437 e. The molecular formula is C18H12F5N3O4S. The van der Waals surface area contributed by atoms with Crippen LogP contribution < -0.4 is 10.1 Å². The largest absolute Gasteiger partial charge is 0.437 e. The molecule has 1 amide bonds. The average molecular weight is 461 g/mol. The van der Waals surface area contributed by atoms with Crippen LogP contribution in [0.5, 0.6) is 5.75 Å². The molecule has 1 aromatic heterocycles. The second-order valence-electron chi connectivity index (χ2n) is 6.18. The Bertz CT molecular complexity index is 1260. The summed E-state index contributed by atoms with van der Waals surface area (Å²) >= 11 is 0. The third kappa shape index (κ3) is 4.99. The summed E-state index contributed by atoms with van der Waals surface area (Å²) in [6.07, 6.45) is -4.92. The highest BCUT2D eigenvalue weighted by molar-refractivity contribution is 7.90. The monoisotopic (exact) mass is 461 g/mol. The zero-order valence-electron chi connectivity index (χ0n) is 15.4. The number of halogens is 5. The molecule has 13 heteroatoms. The van der Waals surface area contributed by atoms with E-state index in [0.717, 1.165) is 18.4 Å². The van der Waals surface area contributed by atoms with Gasteiger partial charge in [0.2, 0.25) is 0 Å². The lowest BCUT2D eigenvalue weighted by Crippen LogP contribution is -2.20. The summed E-state index contributed by atoms with van der Waals surface area (Å²) in [6, 6.07) is 6.94. The topological polar surface area (TPSA) is 90.3 Å². The first-order valence-corrected chi connectivity index (χ1v) is 10.1. The third-order valence-electron chi connectivity index (χ3n) is 3.86. The molecule has 164 valence electrons. The third-order valence-corrected chi connectivity index (χ3v) is 4.97. The molecule has 0 fully saturated rings. The van der Waals surface area contributed by atoms with Crippen molar-refractivity contribution < 1.29 is 39.9 Å². The molecule has 0 aliphatic carbocycles. The Hall–Kier alpha value is -3.48. The van der Waals surface area contributed by atoms with Gasteiger partial charge in [-0.25, -0.2) is 26.7 Å². The molecular weight excluding hydrogens is 449 g/mol. The van der Waals surface area contributed by atoms with Gasteiger partial charge in [-0.1, -0.05) is 6.07 Å². The van der Waals surface area contributed by atoms with Crippen molar-refractivity contribution in [1.82, 2.24) is 9.78 Å². The van der Waals surface area contributed by atoms with E-state index in [0.29, 0.717) is 18.3 Å². The summed E-state index contributed by atoms with van der Waals surface area (Å²) in [7, 11) is -3.59. The fraction of sp³-hybridized carbons (Fsp3) is 0.111. The summed E-state index contributed by atoms with van der Waals surface area (Å²) in [5.41, 5.74) is -2.05. The van der Waals surface area contributed by atoms with Crippen molar-refractivity contribution in [3.8, 4) is 11.4 Å². The minimum Gasteiger partial charge on any atom is -0.406 e. The number of nitrogens with zero attached hydrogens (tertiary/aromatic N) is 2. The number of hydrogen-bond donors (Lipinski definition) is 1. The summed E-state index contributed by atoms with van der Waals surface area (Å²) in [4.78, 5) is 11.9. The smallest absolute Gasteiger partial charge is 0.406 e. The molecule has 0 aliphatic rings. The fourth-order valence-corrected chi connectivity index (χ4v) is 3.19. The number of rotatable bonds is 4. The predicted octanol–water partition coefficient (Wildman–Crippen LogP) is 4.18. The summed E-state index contributed by atoms with van der Waals surface area (Å²) < 4.78 is 95.3. The van der Waals surface area contributed by atoms with Gasteiger partial charge in [-0.15, -0.1) is 0 Å². The van der Waals surface area contributed by atoms with Gasteiger partial charge in [-0.05, 0) is 30.3 Å². The van der Waals surface area contributed by atoms with Gasteiger partial charge in [0, 0.05) is 18.0 Å². The fourth-order valence-electron chi connectivity index (χ4n) is 2.53. The molecule has 0 saturated carbocycles. The molecule has 3 rings (SSSR count). The van der Waals surface area contributed by atoms with Gasteiger partial charge in [-0.2, -0.15) is 18.3 Å². The second-order valence-corrected chi connectivity index (χ2v) is 8.20. The summed E-state index contributed by atoms with van der Waals surface area (Å²) in [6.45, 7) is 0. The molecule has 0 bridgehead atoms. The highest BCUT2D eigenvalue weighted by Gasteiger charge is 2.40. The molecule has 0 aliphatic heterocycles. The van der Waals surface area contributed by atoms with Crippen LogP contribution in [-0.4, -0.2) is 30.5 Å². The maximum absolute atomic E-state index is 13.6. The van der Waals surface area contributed by atoms with Crippen molar-refractivity contribution >= 4 is 21.6 Å². The first-order chi connectivity index (χ1) is 14.4. The van der Waals surface area contributed by atoms with E-state index in [1.807, 2.05) is 0 Å². The number of nitrogens with one attached hydrogen (secondary N) is 1. The quantitative estimate of drug-likeness (QED) is 0.589. The standard InChI is InChI=1S/C18H12F5N3O4S/c1-31(28,29)12-4-2-3-10(7-12)25-17(27)30-15-9-24-26(16(15)18(21,22)23)11-5-6-13(19)14(20)8-11/h2-9H,1H3,(H,25,27). The van der Waals surface area contributed by atoms with E-state index in [2.05, 4.69) is 15.2 Å². The number of alkyl halides is 3. The van der Waals surface area contributed by atoms with Gasteiger partial charge < -0.3 is 4.74 Å². The van der Waals surface area contributed by atoms with Crippen molar-refractivity contribution in [2.24, 2.45) is 0 Å². The zero-order valence-corrected chi connectivity index (χ0v) is 16.3. The van der Waals surface area contributed by atoms with E-state index in [9.17, 15) is 35.2 Å². The highest BCUT2D eigenvalue weighted by atomic mass is 32.2. The summed E-state index contributed by atoms with van der Waals surface area (Å²) in [5.74, 6) is -3.67. The van der Waals surface area contributed by atoms with Crippen LogP contribution in [0.25, 0.3) is 5.69 Å². The van der Waals surface area contributed by atoms with Crippen LogP contribution in [0.2, 0.25) is 0 Å². The number of sulfone groups is 1. The molecule has 31 heavy (non-hydrogen) atoms. The number of benzene rings is 2. The Balaban J connectivity index is 1.91. The first kappa shape index (κ1) is 22.2. The number of hydrogen-bond acceptors (Lipinski definition) is 5. The van der Waals surface area contributed by atoms with Crippen LogP contribution in [0, 0.1) is 11.6 Å². The Labute approximate surface area is 172 Å². The van der Waals surface area contributed by atoms with Crippen LogP contribution in [0.15, 0.2) is 53.6 Å². The van der Waals surface area contributed by atoms with Crippen LogP contribution in [0.3, 0.4) is 0 Å². The van der Waals surface area contributed by atoms with Gasteiger partial charge in [0.25, 0.3) is 0 Å². The van der Waals surface area contributed by atoms with Crippen molar-refractivity contribution in [3.63, 3.8) is 0 Å². The van der Waals surface area contributed by atoms with E-state index in [1.54, 1.807) is 0 Å². The minimum atomic E-state index is -5.08. The Morgan fingerprint density at radius 1 is 1.10 bits per heavy atom. The van der Waals surface area contributed by atoms with Gasteiger partial charge in [0.05, 0.1) is 16.8 Å². The number of carbonyl (C=O) groups is 1. The van der Waals surface area contributed by atoms with Crippen LogP contribution in [0.1, 0.15) is 5.69 Å². The van der Waals surface area contributed by atoms with Gasteiger partial charge >= 0.3 is 12.3 Å². The normalized spacial score (nSPS) is 11.9. The number of anilines is 1. The second kappa shape index (κ2) is 7.98. The predicted molar refractivity (Wildman–Crippen MR) is 97.7 cm³/mol. The average Bonchev–Trinajstić information content (AvgIpc) is 3.07. The molecule has 1 heterocycles. The van der Waals surface area contributed by atoms with Gasteiger partial charge in [0.15, 0.2) is 32.9 Å². The molecule has 0 saturated heterocycles. The zero-order chi connectivity index (χ0) is 23.0.